The Kier molecular flexibility index (Phi) is 7.17. The molecule has 10 heteroatoms. The zero-order valence-corrected chi connectivity index (χ0v) is 23.6. The first-order chi connectivity index (χ1) is 20.4. The predicted octanol–water partition coefficient (Wildman–Crippen LogP) is 6.24. The number of pyridine rings is 1. The number of fused-ring (bicyclic) bond motifs is 2. The molecular formula is C32H30ClFN4O4. The molecule has 2 fully saturated rings. The van der Waals surface area contributed by atoms with Crippen LogP contribution in [0.25, 0.3) is 17.2 Å². The lowest BCUT2D eigenvalue weighted by atomic mass is 9.87. The zero-order valence-electron chi connectivity index (χ0n) is 22.9. The molecule has 1 N–H and O–H groups in total. The van der Waals surface area contributed by atoms with Crippen LogP contribution in [0, 0.1) is 5.82 Å². The Balaban J connectivity index is 1.08. The van der Waals surface area contributed by atoms with Crippen LogP contribution in [-0.2, 0) is 17.8 Å². The van der Waals surface area contributed by atoms with Crippen molar-refractivity contribution in [2.45, 2.75) is 50.5 Å². The highest BCUT2D eigenvalue weighted by Gasteiger charge is 2.29. The minimum atomic E-state index is -1.06. The number of carboxylic acids is 1. The van der Waals surface area contributed by atoms with Crippen molar-refractivity contribution in [3.05, 3.63) is 93.7 Å². The summed E-state index contributed by atoms with van der Waals surface area (Å²) in [5.41, 5.74) is 3.90. The third kappa shape index (κ3) is 5.17. The molecule has 42 heavy (non-hydrogen) atoms. The van der Waals surface area contributed by atoms with Crippen LogP contribution in [0.4, 0.5) is 4.39 Å². The van der Waals surface area contributed by atoms with Gasteiger partial charge in [0, 0.05) is 22.8 Å². The average molecular weight is 589 g/mol. The number of piperidine rings is 1. The number of benzene rings is 2. The van der Waals surface area contributed by atoms with Crippen molar-refractivity contribution in [2.75, 3.05) is 19.7 Å². The van der Waals surface area contributed by atoms with Crippen molar-refractivity contribution in [1.82, 2.24) is 19.4 Å². The van der Waals surface area contributed by atoms with E-state index in [4.69, 9.17) is 26.1 Å². The quantitative estimate of drug-likeness (QED) is 0.273. The molecule has 0 bridgehead atoms. The highest BCUT2D eigenvalue weighted by Crippen LogP contribution is 2.42. The van der Waals surface area contributed by atoms with E-state index < -0.39 is 12.1 Å². The third-order valence-corrected chi connectivity index (χ3v) is 8.74. The van der Waals surface area contributed by atoms with E-state index in [1.165, 1.54) is 12.1 Å². The van der Waals surface area contributed by atoms with Gasteiger partial charge in [-0.15, -0.1) is 0 Å². The molecule has 2 aromatic carbocycles. The Morgan fingerprint density at radius 3 is 2.64 bits per heavy atom. The molecule has 0 saturated carbocycles. The number of likely N-dealkylation sites (tertiary alicyclic amines) is 1. The van der Waals surface area contributed by atoms with Gasteiger partial charge in [-0.3, -0.25) is 4.90 Å². The fourth-order valence-electron chi connectivity index (χ4n) is 6.13. The fourth-order valence-corrected chi connectivity index (χ4v) is 6.29. The zero-order chi connectivity index (χ0) is 28.8. The number of ether oxygens (including phenoxy) is 2. The highest BCUT2D eigenvalue weighted by atomic mass is 35.5. The predicted molar refractivity (Wildman–Crippen MR) is 156 cm³/mol. The van der Waals surface area contributed by atoms with Gasteiger partial charge in [-0.1, -0.05) is 41.9 Å². The van der Waals surface area contributed by atoms with Gasteiger partial charge in [-0.2, -0.15) is 0 Å². The van der Waals surface area contributed by atoms with E-state index in [0.29, 0.717) is 40.8 Å². The van der Waals surface area contributed by atoms with E-state index >= 15 is 0 Å². The van der Waals surface area contributed by atoms with Crippen LogP contribution in [0.3, 0.4) is 0 Å². The summed E-state index contributed by atoms with van der Waals surface area (Å²) in [6.07, 6.45) is 6.32. The summed E-state index contributed by atoms with van der Waals surface area (Å²) >= 11 is 5.97. The molecule has 216 valence electrons. The van der Waals surface area contributed by atoms with Gasteiger partial charge in [0.25, 0.3) is 0 Å². The van der Waals surface area contributed by atoms with Crippen LogP contribution >= 0.6 is 11.6 Å². The maximum atomic E-state index is 14.7. The first kappa shape index (κ1) is 27.1. The Labute approximate surface area is 247 Å². The van der Waals surface area contributed by atoms with Crippen molar-refractivity contribution < 1.29 is 23.8 Å². The van der Waals surface area contributed by atoms with Crippen LogP contribution in [0.2, 0.25) is 5.02 Å². The normalized spacial score (nSPS) is 20.7. The smallest absolute Gasteiger partial charge is 0.354 e. The minimum absolute atomic E-state index is 0.00911. The summed E-state index contributed by atoms with van der Waals surface area (Å²) in [5.74, 6) is 0.559. The number of carboxylic acid groups (broad SMARTS) is 1. The van der Waals surface area contributed by atoms with Crippen molar-refractivity contribution >= 4 is 34.8 Å². The lowest BCUT2D eigenvalue weighted by molar-refractivity contribution is -0.0593. The van der Waals surface area contributed by atoms with Crippen LogP contribution in [0.1, 0.15) is 64.3 Å². The summed E-state index contributed by atoms with van der Waals surface area (Å²) in [6, 6.07) is 14.1. The molecular weight excluding hydrogens is 559 g/mol. The van der Waals surface area contributed by atoms with Crippen molar-refractivity contribution in [1.29, 1.82) is 0 Å². The van der Waals surface area contributed by atoms with Crippen LogP contribution in [0.5, 0.6) is 5.75 Å². The molecule has 1 unspecified atom stereocenters. The van der Waals surface area contributed by atoms with Crippen LogP contribution < -0.4 is 4.74 Å². The molecule has 2 atom stereocenters. The average Bonchev–Trinajstić information content (AvgIpc) is 3.30. The van der Waals surface area contributed by atoms with Gasteiger partial charge >= 0.3 is 5.97 Å². The topological polar surface area (TPSA) is 89.7 Å². The van der Waals surface area contributed by atoms with Crippen LogP contribution in [0.15, 0.2) is 54.6 Å². The first-order valence-corrected chi connectivity index (χ1v) is 14.7. The number of hydrogen-bond donors (Lipinski definition) is 1. The number of imidazole rings is 1. The number of aromatic nitrogens is 3. The molecule has 8 nitrogen and oxygen atoms in total. The molecule has 0 radical (unpaired) electrons. The Bertz CT molecular complexity index is 1690. The molecule has 3 aliphatic heterocycles. The Hall–Kier alpha value is -3.79. The van der Waals surface area contributed by atoms with Gasteiger partial charge in [0.05, 0.1) is 19.2 Å². The molecule has 0 aliphatic carbocycles. The number of aromatic carboxylic acids is 1. The lowest BCUT2D eigenvalue weighted by Gasteiger charge is -2.34. The summed E-state index contributed by atoms with van der Waals surface area (Å²) in [4.78, 5) is 23.2. The third-order valence-electron chi connectivity index (χ3n) is 8.50. The number of rotatable bonds is 7. The molecule has 2 aromatic heterocycles. The highest BCUT2D eigenvalue weighted by molar-refractivity contribution is 6.30. The van der Waals surface area contributed by atoms with Crippen molar-refractivity contribution in [3.63, 3.8) is 0 Å². The number of halogens is 2. The van der Waals surface area contributed by atoms with Gasteiger partial charge in [0.1, 0.15) is 29.0 Å². The number of carbonyl (C=O) groups is 1. The number of hydrogen-bond acceptors (Lipinski definition) is 6. The second-order valence-corrected chi connectivity index (χ2v) is 11.6. The van der Waals surface area contributed by atoms with E-state index in [1.807, 2.05) is 22.8 Å². The Morgan fingerprint density at radius 2 is 1.90 bits per heavy atom. The molecule has 3 aliphatic rings. The molecule has 2 saturated heterocycles. The van der Waals surface area contributed by atoms with Gasteiger partial charge in [0.2, 0.25) is 0 Å². The van der Waals surface area contributed by atoms with Gasteiger partial charge in [-0.05, 0) is 74.2 Å². The van der Waals surface area contributed by atoms with Crippen molar-refractivity contribution in [2.24, 2.45) is 0 Å². The monoisotopic (exact) mass is 588 g/mol. The molecule has 0 amide bonds. The SMILES string of the molecule is O=C(O)c1ccc2nc(CN3CCC(c4cccc5c4OC(c4ccc(Cl)cc4F)C=C5)CC3)n(C[C@@H]3CCO3)c2n1. The summed E-state index contributed by atoms with van der Waals surface area (Å²) < 4.78 is 28.8. The first-order valence-electron chi connectivity index (χ1n) is 14.3. The van der Waals surface area contributed by atoms with Crippen molar-refractivity contribution in [3.8, 4) is 5.75 Å². The largest absolute Gasteiger partial charge is 0.481 e. The maximum absolute atomic E-state index is 14.7. The summed E-state index contributed by atoms with van der Waals surface area (Å²) in [7, 11) is 0. The Morgan fingerprint density at radius 1 is 1.07 bits per heavy atom. The van der Waals surface area contributed by atoms with E-state index in [2.05, 4.69) is 22.0 Å². The van der Waals surface area contributed by atoms with E-state index in [9.17, 15) is 14.3 Å². The lowest BCUT2D eigenvalue weighted by Crippen LogP contribution is -2.35. The summed E-state index contributed by atoms with van der Waals surface area (Å²) in [5, 5.41) is 9.83. The number of nitrogens with zero attached hydrogens (tertiary/aromatic N) is 4. The summed E-state index contributed by atoms with van der Waals surface area (Å²) in [6.45, 7) is 3.73. The van der Waals surface area contributed by atoms with Gasteiger partial charge < -0.3 is 19.1 Å². The van der Waals surface area contributed by atoms with E-state index in [-0.39, 0.29) is 17.6 Å². The standard InChI is InChI=1S/C32H30ClFN4O4/c33-21-5-6-24(25(34)16-21)28-9-4-20-2-1-3-23(30(20)42-28)19-10-13-37(14-11-19)18-29-35-26-7-8-27(32(39)40)36-31(26)38(29)17-22-12-15-41-22/h1-9,16,19,22,28H,10-15,17-18H2,(H,39,40)/t22-,28?/m0/s1. The van der Waals surface area contributed by atoms with Crippen LogP contribution in [-0.4, -0.2) is 56.3 Å². The number of para-hydroxylation sites is 1. The maximum Gasteiger partial charge on any atom is 0.354 e. The second-order valence-electron chi connectivity index (χ2n) is 11.1. The van der Waals surface area contributed by atoms with Gasteiger partial charge in [-0.25, -0.2) is 19.2 Å². The second kappa shape index (κ2) is 11.1. The van der Waals surface area contributed by atoms with E-state index in [0.717, 1.165) is 61.7 Å². The fraction of sp³-hybridized carbons (Fsp3) is 0.344. The molecule has 7 rings (SSSR count). The minimum Gasteiger partial charge on any atom is -0.481 e. The van der Waals surface area contributed by atoms with Gasteiger partial charge in [0.15, 0.2) is 11.3 Å². The molecule has 5 heterocycles. The molecule has 4 aromatic rings. The molecule has 0 spiro atoms. The van der Waals surface area contributed by atoms with E-state index in [1.54, 1.807) is 18.2 Å².